The Hall–Kier alpha value is -1.94. The summed E-state index contributed by atoms with van der Waals surface area (Å²) in [6.07, 6.45) is 40.5. The molecule has 0 aliphatic carbocycles. The van der Waals surface area contributed by atoms with Gasteiger partial charge in [0.2, 0.25) is 0 Å². The molecule has 0 saturated heterocycles. The lowest BCUT2D eigenvalue weighted by Crippen LogP contribution is -2.30. The van der Waals surface area contributed by atoms with Crippen LogP contribution in [0, 0.1) is 11.8 Å². The van der Waals surface area contributed by atoms with Gasteiger partial charge in [-0.15, -0.1) is 0 Å². The topological polar surface area (TPSA) is 237 Å². The van der Waals surface area contributed by atoms with Gasteiger partial charge in [-0.25, -0.2) is 9.13 Å². The Kier molecular flexibility index (Phi) is 56.2. The molecule has 0 fully saturated rings. The third kappa shape index (κ3) is 57.8. The largest absolute Gasteiger partial charge is 0.472 e. The van der Waals surface area contributed by atoms with E-state index >= 15 is 0 Å². The number of phosphoric acid groups is 2. The summed E-state index contributed by atoms with van der Waals surface area (Å²) < 4.78 is 68.0. The Labute approximate surface area is 511 Å². The van der Waals surface area contributed by atoms with Crippen molar-refractivity contribution in [1.29, 1.82) is 0 Å². The summed E-state index contributed by atoms with van der Waals surface area (Å²) >= 11 is 0. The maximum atomic E-state index is 13.0. The predicted molar refractivity (Wildman–Crippen MR) is 335 cm³/mol. The second-order valence-corrected chi connectivity index (χ2v) is 27.1. The summed E-state index contributed by atoms with van der Waals surface area (Å²) in [5.74, 6) is -0.673. The van der Waals surface area contributed by atoms with E-state index in [-0.39, 0.29) is 25.7 Å². The average molecular weight is 1240 g/mol. The fourth-order valence-corrected chi connectivity index (χ4v) is 11.3. The summed E-state index contributed by atoms with van der Waals surface area (Å²) in [5.41, 5.74) is 0. The molecule has 498 valence electrons. The Morgan fingerprint density at radius 1 is 0.345 bits per heavy atom. The number of ether oxygens (including phenoxy) is 4. The molecular weight excluding hydrogens is 1110 g/mol. The highest BCUT2D eigenvalue weighted by Gasteiger charge is 2.30. The molecule has 0 heterocycles. The molecule has 3 N–H and O–H groups in total. The summed E-state index contributed by atoms with van der Waals surface area (Å²) in [4.78, 5) is 72.2. The Balaban J connectivity index is 5.22. The number of hydrogen-bond acceptors (Lipinski definition) is 15. The standard InChI is InChI=1S/C65H126O17P2/c1-7-10-12-14-16-17-18-19-20-21-22-25-30-37-43-49-64(69)81-60(54-76-63(68)48-42-36-29-26-23-24-28-33-39-45-57(4)5)55-79-83(71,72)77-51-59(66)52-78-84(73,74)80-56-61(53-75-62(67)47-41-35-27-15-13-11-8-2)82-65(70)50-44-38-32-31-34-40-46-58(6)9-3/h57-61,66H,7-56H2,1-6H3,(H,71,72)(H,73,74)/t58?,59-,60-,61-/m1/s1. The first-order valence-electron chi connectivity index (χ1n) is 34.0. The number of esters is 4. The summed E-state index contributed by atoms with van der Waals surface area (Å²) in [7, 11) is -9.89. The second kappa shape index (κ2) is 57.5. The quantitative estimate of drug-likeness (QED) is 0.0222. The number of phosphoric ester groups is 2. The zero-order valence-electron chi connectivity index (χ0n) is 54.2. The third-order valence-corrected chi connectivity index (χ3v) is 17.2. The molecule has 17 nitrogen and oxygen atoms in total. The van der Waals surface area contributed by atoms with Crippen molar-refractivity contribution >= 4 is 39.5 Å². The van der Waals surface area contributed by atoms with Crippen LogP contribution in [0.1, 0.15) is 324 Å². The van der Waals surface area contributed by atoms with E-state index < -0.39 is 97.5 Å². The molecule has 6 atom stereocenters. The number of carbonyl (C=O) groups is 4. The molecule has 0 rings (SSSR count). The highest BCUT2D eigenvalue weighted by molar-refractivity contribution is 7.47. The van der Waals surface area contributed by atoms with Gasteiger partial charge >= 0.3 is 39.5 Å². The highest BCUT2D eigenvalue weighted by atomic mass is 31.2. The van der Waals surface area contributed by atoms with E-state index in [2.05, 4.69) is 41.5 Å². The Bertz CT molecular complexity index is 1650. The van der Waals surface area contributed by atoms with Gasteiger partial charge < -0.3 is 33.8 Å². The molecule has 0 aromatic rings. The third-order valence-electron chi connectivity index (χ3n) is 15.3. The van der Waals surface area contributed by atoms with Gasteiger partial charge in [-0.1, -0.05) is 273 Å². The first-order valence-corrected chi connectivity index (χ1v) is 37.0. The molecule has 0 bridgehead atoms. The molecule has 19 heteroatoms. The smallest absolute Gasteiger partial charge is 0.462 e. The van der Waals surface area contributed by atoms with E-state index in [4.69, 9.17) is 37.0 Å². The number of aliphatic hydroxyl groups excluding tert-OH is 1. The molecule has 0 aliphatic rings. The highest BCUT2D eigenvalue weighted by Crippen LogP contribution is 2.45. The van der Waals surface area contributed by atoms with Crippen molar-refractivity contribution in [3.05, 3.63) is 0 Å². The minimum Gasteiger partial charge on any atom is -0.462 e. The molecule has 0 amide bonds. The van der Waals surface area contributed by atoms with Crippen molar-refractivity contribution in [1.82, 2.24) is 0 Å². The molecule has 0 saturated carbocycles. The fraction of sp³-hybridized carbons (Fsp3) is 0.938. The van der Waals surface area contributed by atoms with Gasteiger partial charge in [-0.3, -0.25) is 37.3 Å². The van der Waals surface area contributed by atoms with Crippen LogP contribution in [0.4, 0.5) is 0 Å². The number of rotatable bonds is 64. The van der Waals surface area contributed by atoms with Crippen molar-refractivity contribution in [2.75, 3.05) is 39.6 Å². The van der Waals surface area contributed by atoms with E-state index in [0.29, 0.717) is 25.7 Å². The minimum absolute atomic E-state index is 0.102. The molecule has 0 aromatic carbocycles. The second-order valence-electron chi connectivity index (χ2n) is 24.2. The van der Waals surface area contributed by atoms with Crippen molar-refractivity contribution < 1.29 is 80.2 Å². The van der Waals surface area contributed by atoms with Crippen molar-refractivity contribution in [2.45, 2.75) is 342 Å². The maximum Gasteiger partial charge on any atom is 0.472 e. The molecule has 0 aromatic heterocycles. The van der Waals surface area contributed by atoms with E-state index in [9.17, 15) is 43.2 Å². The van der Waals surface area contributed by atoms with Gasteiger partial charge in [0.05, 0.1) is 26.4 Å². The van der Waals surface area contributed by atoms with Gasteiger partial charge in [0.1, 0.15) is 19.3 Å². The van der Waals surface area contributed by atoms with Gasteiger partial charge in [-0.2, -0.15) is 0 Å². The average Bonchev–Trinajstić information content (AvgIpc) is 3.52. The van der Waals surface area contributed by atoms with E-state index in [1.165, 1.54) is 128 Å². The Morgan fingerprint density at radius 2 is 0.607 bits per heavy atom. The summed E-state index contributed by atoms with van der Waals surface area (Å²) in [6, 6.07) is 0. The van der Waals surface area contributed by atoms with Crippen LogP contribution in [0.15, 0.2) is 0 Å². The van der Waals surface area contributed by atoms with Crippen LogP contribution in [0.3, 0.4) is 0 Å². The molecular formula is C65H126O17P2. The monoisotopic (exact) mass is 1240 g/mol. The lowest BCUT2D eigenvalue weighted by molar-refractivity contribution is -0.161. The summed E-state index contributed by atoms with van der Waals surface area (Å²) in [5, 5.41) is 10.5. The first-order chi connectivity index (χ1) is 40.4. The number of hydrogen-bond donors (Lipinski definition) is 3. The molecule has 3 unspecified atom stereocenters. The van der Waals surface area contributed by atoms with Crippen LogP contribution in [0.5, 0.6) is 0 Å². The molecule has 84 heavy (non-hydrogen) atoms. The van der Waals surface area contributed by atoms with Gasteiger partial charge in [0.25, 0.3) is 0 Å². The zero-order valence-corrected chi connectivity index (χ0v) is 56.0. The SMILES string of the molecule is CCCCCCCCCCCCCCCCCC(=O)O[C@H](COC(=O)CCCCCCCCCCCC(C)C)COP(=O)(O)OC[C@@H](O)COP(=O)(O)OC[C@@H](COC(=O)CCCCCCCCC)OC(=O)CCCCCCCCC(C)CC. The number of aliphatic hydroxyl groups is 1. The van der Waals surface area contributed by atoms with Crippen molar-refractivity contribution in [3.63, 3.8) is 0 Å². The van der Waals surface area contributed by atoms with Crippen LogP contribution in [-0.2, 0) is 65.4 Å². The minimum atomic E-state index is -4.95. The van der Waals surface area contributed by atoms with Crippen LogP contribution >= 0.6 is 15.6 Å². The zero-order chi connectivity index (χ0) is 62.2. The van der Waals surface area contributed by atoms with Crippen molar-refractivity contribution in [3.8, 4) is 0 Å². The van der Waals surface area contributed by atoms with E-state index in [0.717, 1.165) is 115 Å². The Morgan fingerprint density at radius 3 is 0.905 bits per heavy atom. The van der Waals surface area contributed by atoms with Crippen LogP contribution in [-0.4, -0.2) is 96.7 Å². The van der Waals surface area contributed by atoms with Crippen LogP contribution in [0.2, 0.25) is 0 Å². The number of unbranched alkanes of at least 4 members (excludes halogenated alkanes) is 33. The fourth-order valence-electron chi connectivity index (χ4n) is 9.68. The number of carbonyl (C=O) groups excluding carboxylic acids is 4. The van der Waals surface area contributed by atoms with E-state index in [1.807, 2.05) is 0 Å². The first kappa shape index (κ1) is 82.1. The normalized spacial score (nSPS) is 14.6. The molecule has 0 radical (unpaired) electrons. The lowest BCUT2D eigenvalue weighted by atomic mass is 10.00. The van der Waals surface area contributed by atoms with Gasteiger partial charge in [-0.05, 0) is 37.5 Å². The van der Waals surface area contributed by atoms with Crippen LogP contribution < -0.4 is 0 Å². The molecule has 0 spiro atoms. The van der Waals surface area contributed by atoms with E-state index in [1.54, 1.807) is 0 Å². The van der Waals surface area contributed by atoms with Gasteiger partial charge in [0.15, 0.2) is 12.2 Å². The molecule has 0 aliphatic heterocycles. The van der Waals surface area contributed by atoms with Crippen molar-refractivity contribution in [2.24, 2.45) is 11.8 Å². The van der Waals surface area contributed by atoms with Crippen LogP contribution in [0.25, 0.3) is 0 Å². The maximum absolute atomic E-state index is 13.0. The van der Waals surface area contributed by atoms with Gasteiger partial charge in [0, 0.05) is 25.7 Å². The predicted octanol–water partition coefficient (Wildman–Crippen LogP) is 18.0. The lowest BCUT2D eigenvalue weighted by Gasteiger charge is -2.21. The summed E-state index contributed by atoms with van der Waals surface area (Å²) in [6.45, 7) is 9.40.